The van der Waals surface area contributed by atoms with Gasteiger partial charge in [0.2, 0.25) is 0 Å². The average Bonchev–Trinajstić information content (AvgIpc) is 2.45. The zero-order chi connectivity index (χ0) is 16.3. The molecule has 2 aromatic rings. The Morgan fingerprint density at radius 2 is 1.73 bits per heavy atom. The zero-order valence-corrected chi connectivity index (χ0v) is 12.6. The fraction of sp³-hybridized carbons (Fsp3) is 0.0667. The Labute approximate surface area is 136 Å². The first-order valence-electron chi connectivity index (χ1n) is 6.17. The summed E-state index contributed by atoms with van der Waals surface area (Å²) in [6, 6.07) is 8.71. The van der Waals surface area contributed by atoms with Crippen molar-refractivity contribution in [2.24, 2.45) is 0 Å². The minimum absolute atomic E-state index is 0.00490. The maximum absolute atomic E-state index is 11.2. The van der Waals surface area contributed by atoms with Crippen molar-refractivity contribution in [3.63, 3.8) is 0 Å². The lowest BCUT2D eigenvalue weighted by Crippen LogP contribution is -2.08. The summed E-state index contributed by atoms with van der Waals surface area (Å²) in [6.45, 7) is 0.235. The summed E-state index contributed by atoms with van der Waals surface area (Å²) in [5.74, 6) is -2.29. The Kier molecular flexibility index (Phi) is 4.90. The van der Waals surface area contributed by atoms with Crippen LogP contribution in [0.1, 0.15) is 26.3 Å². The molecule has 0 heterocycles. The number of aromatic carboxylic acids is 2. The van der Waals surface area contributed by atoms with Crippen molar-refractivity contribution >= 4 is 40.8 Å². The first kappa shape index (κ1) is 16.1. The molecule has 0 fully saturated rings. The van der Waals surface area contributed by atoms with Gasteiger partial charge >= 0.3 is 11.9 Å². The summed E-state index contributed by atoms with van der Waals surface area (Å²) in [4.78, 5) is 22.2. The van der Waals surface area contributed by atoms with Crippen LogP contribution in [0.25, 0.3) is 0 Å². The van der Waals surface area contributed by atoms with Crippen LogP contribution in [0.3, 0.4) is 0 Å². The van der Waals surface area contributed by atoms with Crippen molar-refractivity contribution in [1.29, 1.82) is 0 Å². The van der Waals surface area contributed by atoms with Crippen LogP contribution >= 0.6 is 23.2 Å². The van der Waals surface area contributed by atoms with E-state index in [1.807, 2.05) is 0 Å². The molecule has 0 aliphatic heterocycles. The Bertz CT molecular complexity index is 746. The largest absolute Gasteiger partial charge is 0.478 e. The normalized spacial score (nSPS) is 10.3. The molecule has 0 atom stereocenters. The van der Waals surface area contributed by atoms with Crippen molar-refractivity contribution in [1.82, 2.24) is 0 Å². The molecular formula is C15H11Cl2NO4. The predicted octanol–water partition coefficient (Wildman–Crippen LogP) is 4.00. The van der Waals surface area contributed by atoms with Crippen molar-refractivity contribution in [2.45, 2.75) is 6.54 Å². The van der Waals surface area contributed by atoms with Gasteiger partial charge in [-0.25, -0.2) is 9.59 Å². The van der Waals surface area contributed by atoms with Crippen LogP contribution in [0.15, 0.2) is 36.4 Å². The third-order valence-corrected chi connectivity index (χ3v) is 3.57. The zero-order valence-electron chi connectivity index (χ0n) is 11.1. The molecule has 2 aromatic carbocycles. The highest BCUT2D eigenvalue weighted by Gasteiger charge is 2.13. The van der Waals surface area contributed by atoms with Crippen LogP contribution in [0, 0.1) is 0 Å². The number of benzene rings is 2. The van der Waals surface area contributed by atoms with Crippen molar-refractivity contribution < 1.29 is 19.8 Å². The lowest BCUT2D eigenvalue weighted by atomic mass is 10.1. The van der Waals surface area contributed by atoms with Crippen LogP contribution in [0.2, 0.25) is 10.0 Å². The molecule has 0 aliphatic rings. The van der Waals surface area contributed by atoms with E-state index in [0.717, 1.165) is 0 Å². The minimum Gasteiger partial charge on any atom is -0.478 e. The summed E-state index contributed by atoms with van der Waals surface area (Å²) in [6.07, 6.45) is 0. The van der Waals surface area contributed by atoms with Gasteiger partial charge in [-0.05, 0) is 35.9 Å². The van der Waals surface area contributed by atoms with E-state index in [0.29, 0.717) is 15.6 Å². The van der Waals surface area contributed by atoms with E-state index in [1.165, 1.54) is 18.2 Å². The van der Waals surface area contributed by atoms with E-state index >= 15 is 0 Å². The van der Waals surface area contributed by atoms with E-state index < -0.39 is 11.9 Å². The molecule has 0 spiro atoms. The molecule has 0 aliphatic carbocycles. The summed E-state index contributed by atoms with van der Waals surface area (Å²) >= 11 is 11.9. The van der Waals surface area contributed by atoms with Crippen molar-refractivity contribution in [3.8, 4) is 0 Å². The lowest BCUT2D eigenvalue weighted by Gasteiger charge is -2.12. The molecule has 114 valence electrons. The standard InChI is InChI=1S/C15H11Cl2NO4/c16-10-3-1-9(12(17)6-10)7-18-13-5-8(14(19)20)2-4-11(13)15(21)22/h1-6,18H,7H2,(H,19,20)(H,21,22). The van der Waals surface area contributed by atoms with Gasteiger partial charge < -0.3 is 15.5 Å². The Morgan fingerprint density at radius 1 is 1.00 bits per heavy atom. The molecule has 0 bridgehead atoms. The highest BCUT2D eigenvalue weighted by molar-refractivity contribution is 6.35. The smallest absolute Gasteiger partial charge is 0.337 e. The summed E-state index contributed by atoms with van der Waals surface area (Å²) in [5.41, 5.74) is 0.895. The summed E-state index contributed by atoms with van der Waals surface area (Å²) in [7, 11) is 0. The van der Waals surface area contributed by atoms with Crippen LogP contribution in [-0.2, 0) is 6.54 Å². The Hall–Kier alpha value is -2.24. The van der Waals surface area contributed by atoms with Gasteiger partial charge in [0.05, 0.1) is 11.1 Å². The third-order valence-electron chi connectivity index (χ3n) is 2.98. The van der Waals surface area contributed by atoms with E-state index in [4.69, 9.17) is 33.4 Å². The number of carboxylic acid groups (broad SMARTS) is 2. The SMILES string of the molecule is O=C(O)c1ccc(C(=O)O)c(NCc2ccc(Cl)cc2Cl)c1. The van der Waals surface area contributed by atoms with Crippen LogP contribution in [0.4, 0.5) is 5.69 Å². The minimum atomic E-state index is -1.15. The van der Waals surface area contributed by atoms with E-state index in [-0.39, 0.29) is 23.4 Å². The molecule has 3 N–H and O–H groups in total. The second-order valence-corrected chi connectivity index (χ2v) is 5.30. The van der Waals surface area contributed by atoms with Gasteiger partial charge in [-0.15, -0.1) is 0 Å². The molecule has 0 unspecified atom stereocenters. The molecular weight excluding hydrogens is 329 g/mol. The molecule has 0 saturated carbocycles. The number of nitrogens with one attached hydrogen (secondary N) is 1. The molecule has 0 saturated heterocycles. The predicted molar refractivity (Wildman–Crippen MR) is 84.1 cm³/mol. The number of rotatable bonds is 5. The Morgan fingerprint density at radius 3 is 2.32 bits per heavy atom. The van der Waals surface area contributed by atoms with Gasteiger partial charge in [0.15, 0.2) is 0 Å². The van der Waals surface area contributed by atoms with Gasteiger partial charge in [0, 0.05) is 22.3 Å². The Balaban J connectivity index is 2.29. The maximum atomic E-state index is 11.2. The van der Waals surface area contributed by atoms with Crippen LogP contribution < -0.4 is 5.32 Å². The first-order valence-corrected chi connectivity index (χ1v) is 6.92. The first-order chi connectivity index (χ1) is 10.4. The number of hydrogen-bond acceptors (Lipinski definition) is 3. The van der Waals surface area contributed by atoms with Crippen LogP contribution in [0.5, 0.6) is 0 Å². The highest BCUT2D eigenvalue weighted by Crippen LogP contribution is 2.24. The van der Waals surface area contributed by atoms with Gasteiger partial charge in [0.1, 0.15) is 0 Å². The fourth-order valence-corrected chi connectivity index (χ4v) is 2.34. The number of anilines is 1. The second kappa shape index (κ2) is 6.68. The van der Waals surface area contributed by atoms with Crippen molar-refractivity contribution in [3.05, 3.63) is 63.1 Å². The van der Waals surface area contributed by atoms with Gasteiger partial charge in [-0.2, -0.15) is 0 Å². The van der Waals surface area contributed by atoms with E-state index in [2.05, 4.69) is 5.32 Å². The van der Waals surface area contributed by atoms with Gasteiger partial charge in [-0.1, -0.05) is 29.3 Å². The molecule has 0 radical (unpaired) electrons. The summed E-state index contributed by atoms with van der Waals surface area (Å²) < 4.78 is 0. The molecule has 0 amide bonds. The third kappa shape index (κ3) is 3.69. The topological polar surface area (TPSA) is 86.6 Å². The molecule has 7 heteroatoms. The van der Waals surface area contributed by atoms with Crippen molar-refractivity contribution in [2.75, 3.05) is 5.32 Å². The van der Waals surface area contributed by atoms with E-state index in [9.17, 15) is 9.59 Å². The summed E-state index contributed by atoms with van der Waals surface area (Å²) in [5, 5.41) is 22.0. The molecule has 22 heavy (non-hydrogen) atoms. The fourth-order valence-electron chi connectivity index (χ4n) is 1.87. The molecule has 5 nitrogen and oxygen atoms in total. The number of carbonyl (C=O) groups is 2. The number of carboxylic acids is 2. The highest BCUT2D eigenvalue weighted by atomic mass is 35.5. The van der Waals surface area contributed by atoms with Gasteiger partial charge in [0.25, 0.3) is 0 Å². The molecule has 0 aromatic heterocycles. The quantitative estimate of drug-likeness (QED) is 0.766. The van der Waals surface area contributed by atoms with E-state index in [1.54, 1.807) is 18.2 Å². The van der Waals surface area contributed by atoms with Gasteiger partial charge in [-0.3, -0.25) is 0 Å². The van der Waals surface area contributed by atoms with Crippen LogP contribution in [-0.4, -0.2) is 22.2 Å². The molecule has 2 rings (SSSR count). The lowest BCUT2D eigenvalue weighted by molar-refractivity contribution is 0.0682. The maximum Gasteiger partial charge on any atom is 0.337 e. The monoisotopic (exact) mass is 339 g/mol. The second-order valence-electron chi connectivity index (χ2n) is 4.46. The number of halogens is 2. The average molecular weight is 340 g/mol. The number of hydrogen-bond donors (Lipinski definition) is 3.